The van der Waals surface area contributed by atoms with Gasteiger partial charge in [0, 0.05) is 65.8 Å². The van der Waals surface area contributed by atoms with Gasteiger partial charge in [-0.05, 0) is 162 Å². The van der Waals surface area contributed by atoms with E-state index in [0.717, 1.165) is 0 Å². The van der Waals surface area contributed by atoms with Crippen molar-refractivity contribution < 1.29 is 0 Å². The molecule has 0 fully saturated rings. The van der Waals surface area contributed by atoms with Crippen LogP contribution in [0.4, 0.5) is 0 Å². The van der Waals surface area contributed by atoms with Gasteiger partial charge < -0.3 is 18.2 Å². The van der Waals surface area contributed by atoms with Crippen molar-refractivity contribution in [2.45, 2.75) is 6.04 Å². The lowest BCUT2D eigenvalue weighted by Crippen LogP contribution is -2.55. The second-order valence-electron chi connectivity index (χ2n) is 25.8. The molecule has 14 aromatic carbocycles. The molecule has 4 aliphatic rings. The van der Waals surface area contributed by atoms with Crippen molar-refractivity contribution in [3.05, 3.63) is 314 Å². The molecule has 1 unspecified atom stereocenters. The molecule has 4 nitrogen and oxygen atoms in total. The second-order valence-corrected chi connectivity index (χ2v) is 25.8. The van der Waals surface area contributed by atoms with E-state index < -0.39 is 0 Å². The fourth-order valence-corrected chi connectivity index (χ4v) is 17.6. The molecule has 18 aromatic rings. The van der Waals surface area contributed by atoms with Crippen LogP contribution in [0.1, 0.15) is 17.2 Å². The Morgan fingerprint density at radius 3 is 1.23 bits per heavy atom. The van der Waals surface area contributed by atoms with Crippen LogP contribution < -0.4 is 10.9 Å². The molecular formula is C87H51BN4. The predicted molar refractivity (Wildman–Crippen MR) is 385 cm³/mol. The molecule has 0 saturated carbocycles. The minimum absolute atomic E-state index is 0.138. The van der Waals surface area contributed by atoms with Crippen LogP contribution in [0.5, 0.6) is 0 Å². The van der Waals surface area contributed by atoms with E-state index in [2.05, 4.69) is 321 Å². The van der Waals surface area contributed by atoms with Gasteiger partial charge in [0.05, 0.1) is 50.3 Å². The fraction of sp³-hybridized carbons (Fsp3) is 0.0115. The lowest BCUT2D eigenvalue weighted by atomic mass is 9.45. The molecule has 5 heteroatoms. The summed E-state index contributed by atoms with van der Waals surface area (Å²) in [4.78, 5) is 0. The number of aromatic nitrogens is 4. The minimum atomic E-state index is -0.138. The molecule has 4 aliphatic heterocycles. The fourth-order valence-electron chi connectivity index (χ4n) is 17.6. The quantitative estimate of drug-likeness (QED) is 0.148. The summed E-state index contributed by atoms with van der Waals surface area (Å²) in [6, 6.07) is 115. The van der Waals surface area contributed by atoms with Crippen LogP contribution in [0.3, 0.4) is 0 Å². The number of benzene rings is 14. The molecule has 92 heavy (non-hydrogen) atoms. The maximum Gasteiger partial charge on any atom is 0.333 e. The summed E-state index contributed by atoms with van der Waals surface area (Å²) >= 11 is 0. The maximum absolute atomic E-state index is 2.82. The van der Waals surface area contributed by atoms with Crippen LogP contribution in [0.2, 0.25) is 0 Å². The molecule has 0 amide bonds. The van der Waals surface area contributed by atoms with Gasteiger partial charge in [-0.25, -0.2) is 0 Å². The average Bonchev–Trinajstić information content (AvgIpc) is 1.47. The standard InChI is InChI=1S/C87H51BN4/c1-5-21-51(22-6-1)55-41-56(52-23-7-2-8-24-52)44-59(43-55)61-47-72-67-32-18-36-70-82(67)91(85-69-35-17-31-65-63-29-13-15-39-75(63)89(81(65)69)77(49-61)79(72)85)86-71-37-19-33-68-73-48-62(60-45-57(53-25-9-3-10-26-53)42-58(46-60)54-27-11-4-12-28-54)50-78-80(73)88(92(83(68)71)87(70)86)74-38-20-34-66-64-30-14-16-40-76(64)90(78)84(66)74/h1-50,85H. The lowest BCUT2D eigenvalue weighted by molar-refractivity contribution is 0.711. The van der Waals surface area contributed by atoms with Crippen LogP contribution >= 0.6 is 0 Å². The summed E-state index contributed by atoms with van der Waals surface area (Å²) in [5, 5.41) is 7.66. The third kappa shape index (κ3) is 6.36. The van der Waals surface area contributed by atoms with Gasteiger partial charge in [0.1, 0.15) is 0 Å². The summed E-state index contributed by atoms with van der Waals surface area (Å²) in [6.45, 7) is -0.138. The number of nitrogens with zero attached hydrogens (tertiary/aromatic N) is 4. The van der Waals surface area contributed by atoms with E-state index in [4.69, 9.17) is 0 Å². The van der Waals surface area contributed by atoms with Crippen LogP contribution in [-0.4, -0.2) is 25.0 Å². The summed E-state index contributed by atoms with van der Waals surface area (Å²) in [7, 11) is 0. The highest BCUT2D eigenvalue weighted by atomic mass is 15.1. The highest BCUT2D eigenvalue weighted by Gasteiger charge is 2.45. The summed E-state index contributed by atoms with van der Waals surface area (Å²) in [6.07, 6.45) is 0. The smallest absolute Gasteiger partial charge is 0.333 e. The van der Waals surface area contributed by atoms with Gasteiger partial charge in [0.15, 0.2) is 0 Å². The molecule has 0 aliphatic carbocycles. The highest BCUT2D eigenvalue weighted by Crippen LogP contribution is 2.58. The molecule has 0 radical (unpaired) electrons. The molecule has 0 bridgehead atoms. The van der Waals surface area contributed by atoms with Gasteiger partial charge in [0.25, 0.3) is 0 Å². The van der Waals surface area contributed by atoms with E-state index in [1.54, 1.807) is 0 Å². The highest BCUT2D eigenvalue weighted by molar-refractivity contribution is 6.90. The van der Waals surface area contributed by atoms with Crippen molar-refractivity contribution >= 4 is 94.2 Å². The number of hydrogen-bond acceptors (Lipinski definition) is 0. The largest absolute Gasteiger partial charge is 0.374 e. The number of fused-ring (bicyclic) bond motifs is 19. The normalized spacial score (nSPS) is 13.7. The summed E-state index contributed by atoms with van der Waals surface area (Å²) < 4.78 is 10.9. The van der Waals surface area contributed by atoms with E-state index in [0.29, 0.717) is 0 Å². The van der Waals surface area contributed by atoms with E-state index in [-0.39, 0.29) is 12.9 Å². The van der Waals surface area contributed by atoms with Gasteiger partial charge in [-0.15, -0.1) is 0 Å². The van der Waals surface area contributed by atoms with E-state index in [1.807, 2.05) is 0 Å². The molecule has 422 valence electrons. The number of rotatable bonds is 6. The van der Waals surface area contributed by atoms with Gasteiger partial charge in [-0.2, -0.15) is 0 Å². The monoisotopic (exact) mass is 1160 g/mol. The molecule has 0 saturated heterocycles. The van der Waals surface area contributed by atoms with E-state index in [1.165, 1.54) is 199 Å². The van der Waals surface area contributed by atoms with Gasteiger partial charge in [-0.3, -0.25) is 0 Å². The second kappa shape index (κ2) is 17.9. The van der Waals surface area contributed by atoms with Crippen molar-refractivity contribution in [1.82, 2.24) is 18.2 Å². The Morgan fingerprint density at radius 2 is 0.663 bits per heavy atom. The first-order valence-corrected chi connectivity index (χ1v) is 32.2. The molecule has 1 atom stereocenters. The molecule has 0 spiro atoms. The van der Waals surface area contributed by atoms with E-state index in [9.17, 15) is 0 Å². The third-order valence-electron chi connectivity index (χ3n) is 21.2. The minimum Gasteiger partial charge on any atom is -0.374 e. The maximum atomic E-state index is 2.82. The van der Waals surface area contributed by atoms with Crippen molar-refractivity contribution in [3.8, 4) is 100 Å². The first-order chi connectivity index (χ1) is 45.7. The van der Waals surface area contributed by atoms with Crippen LogP contribution in [-0.2, 0) is 0 Å². The topological polar surface area (TPSA) is 19.7 Å². The van der Waals surface area contributed by atoms with Crippen LogP contribution in [0, 0.1) is 0 Å². The van der Waals surface area contributed by atoms with Gasteiger partial charge in [-0.1, -0.05) is 231 Å². The Bertz CT molecular complexity index is 5800. The molecule has 0 N–H and O–H groups in total. The Kier molecular flexibility index (Phi) is 9.54. The molecular weight excluding hydrogens is 1110 g/mol. The SMILES string of the molecule is c1ccc(-c2cc(-c3ccccc3)cc(-c3cc4c5c(c3)-n3c6ccccc6c6cccc(c63)B5n3c5c-4cccc5c4c3c3cccc5c3n4C3c4c-5cc(-c5cc(-c6ccccc6)cc(-c6ccccc6)c5)cc4-n4c5ccccc5c5cccc3c54)c2)cc1. The number of para-hydroxylation sites is 6. The van der Waals surface area contributed by atoms with Gasteiger partial charge >= 0.3 is 6.85 Å². The van der Waals surface area contributed by atoms with Crippen molar-refractivity contribution in [3.63, 3.8) is 0 Å². The van der Waals surface area contributed by atoms with Crippen LogP contribution in [0.25, 0.3) is 177 Å². The van der Waals surface area contributed by atoms with Crippen molar-refractivity contribution in [1.29, 1.82) is 0 Å². The Balaban J connectivity index is 0.860. The summed E-state index contributed by atoms with van der Waals surface area (Å²) in [5.74, 6) is 0. The van der Waals surface area contributed by atoms with E-state index >= 15 is 0 Å². The zero-order chi connectivity index (χ0) is 59.6. The Labute approximate surface area is 530 Å². The van der Waals surface area contributed by atoms with Gasteiger partial charge in [0.2, 0.25) is 0 Å². The Morgan fingerprint density at radius 1 is 0.250 bits per heavy atom. The van der Waals surface area contributed by atoms with Crippen LogP contribution in [0.15, 0.2) is 303 Å². The number of hydrogen-bond donors (Lipinski definition) is 0. The zero-order valence-corrected chi connectivity index (χ0v) is 49.8. The zero-order valence-electron chi connectivity index (χ0n) is 49.8. The first kappa shape index (κ1) is 49.0. The molecule has 22 rings (SSSR count). The summed E-state index contributed by atoms with van der Waals surface area (Å²) in [5.41, 5.74) is 37.5. The third-order valence-corrected chi connectivity index (χ3v) is 21.2. The average molecular weight is 1160 g/mol. The van der Waals surface area contributed by atoms with Crippen molar-refractivity contribution in [2.24, 2.45) is 0 Å². The first-order valence-electron chi connectivity index (χ1n) is 32.2. The predicted octanol–water partition coefficient (Wildman–Crippen LogP) is 20.8. The molecule has 8 heterocycles. The lowest BCUT2D eigenvalue weighted by Gasteiger charge is -2.36. The molecule has 4 aromatic heterocycles. The Hall–Kier alpha value is -11.9. The van der Waals surface area contributed by atoms with Crippen molar-refractivity contribution in [2.75, 3.05) is 0 Å².